The number of rotatable bonds is 2. The van der Waals surface area contributed by atoms with Crippen molar-refractivity contribution in [1.82, 2.24) is 4.98 Å². The van der Waals surface area contributed by atoms with Gasteiger partial charge in [-0.2, -0.15) is 0 Å². The molecule has 2 heterocycles. The summed E-state index contributed by atoms with van der Waals surface area (Å²) in [6, 6.07) is 16.0. The molecule has 1 aliphatic rings. The summed E-state index contributed by atoms with van der Waals surface area (Å²) in [6.07, 6.45) is 0.902. The lowest BCUT2D eigenvalue weighted by Gasteiger charge is -2.06. The summed E-state index contributed by atoms with van der Waals surface area (Å²) in [5.41, 5.74) is 9.93. The molecule has 0 fully saturated rings. The molecule has 4 heteroatoms. The van der Waals surface area contributed by atoms with Crippen molar-refractivity contribution in [3.05, 3.63) is 64.5 Å². The molecule has 3 nitrogen and oxygen atoms in total. The quantitative estimate of drug-likeness (QED) is 0.725. The Hall–Kier alpha value is -2.33. The summed E-state index contributed by atoms with van der Waals surface area (Å²) in [5, 5.41) is 3.05. The molecule has 0 amide bonds. The zero-order chi connectivity index (χ0) is 14.2. The van der Waals surface area contributed by atoms with Crippen LogP contribution in [-0.2, 0) is 6.42 Å². The number of nitrogen functional groups attached to an aromatic ring is 1. The van der Waals surface area contributed by atoms with Gasteiger partial charge in [0.05, 0.1) is 5.69 Å². The third kappa shape index (κ3) is 2.17. The predicted molar refractivity (Wildman–Crippen MR) is 85.5 cm³/mol. The summed E-state index contributed by atoms with van der Waals surface area (Å²) >= 11 is 1.63. The predicted octanol–water partition coefficient (Wildman–Crippen LogP) is 4.07. The topological polar surface area (TPSA) is 48.1 Å². The van der Waals surface area contributed by atoms with Crippen LogP contribution in [0.25, 0.3) is 11.3 Å². The fraction of sp³-hybridized carbons (Fsp3) is 0.118. The number of thiazole rings is 1. The lowest BCUT2D eigenvalue weighted by atomic mass is 10.1. The monoisotopic (exact) mass is 294 g/mol. The first-order chi connectivity index (χ1) is 10.3. The molecule has 1 unspecified atom stereocenters. The number of para-hydroxylation sites is 2. The second-order valence-electron chi connectivity index (χ2n) is 5.08. The van der Waals surface area contributed by atoms with Crippen LogP contribution in [0.3, 0.4) is 0 Å². The molecule has 2 aromatic carbocycles. The molecule has 0 bridgehead atoms. The van der Waals surface area contributed by atoms with Gasteiger partial charge in [0.2, 0.25) is 0 Å². The summed E-state index contributed by atoms with van der Waals surface area (Å²) in [7, 11) is 0. The van der Waals surface area contributed by atoms with E-state index >= 15 is 0 Å². The van der Waals surface area contributed by atoms with Crippen molar-refractivity contribution in [1.29, 1.82) is 0 Å². The minimum Gasteiger partial charge on any atom is -0.483 e. The Morgan fingerprint density at radius 2 is 1.90 bits per heavy atom. The van der Waals surface area contributed by atoms with E-state index < -0.39 is 0 Å². The number of nitrogens with two attached hydrogens (primary N) is 1. The summed E-state index contributed by atoms with van der Waals surface area (Å²) in [4.78, 5) is 4.72. The van der Waals surface area contributed by atoms with Crippen LogP contribution >= 0.6 is 11.3 Å². The fourth-order valence-electron chi connectivity index (χ4n) is 2.61. The van der Waals surface area contributed by atoms with Gasteiger partial charge in [-0.25, -0.2) is 4.98 Å². The third-order valence-electron chi connectivity index (χ3n) is 3.68. The fourth-order valence-corrected chi connectivity index (χ4v) is 3.46. The van der Waals surface area contributed by atoms with Crippen LogP contribution in [-0.4, -0.2) is 4.98 Å². The molecule has 4 rings (SSSR count). The average molecular weight is 294 g/mol. The van der Waals surface area contributed by atoms with Gasteiger partial charge < -0.3 is 10.5 Å². The Balaban J connectivity index is 1.63. The summed E-state index contributed by atoms with van der Waals surface area (Å²) < 4.78 is 5.99. The maximum absolute atomic E-state index is 6.02. The smallest absolute Gasteiger partial charge is 0.154 e. The second kappa shape index (κ2) is 4.90. The standard InChI is InChI=1S/C17H14N2OS/c18-13-7-3-2-6-12(13)14-10-21-17(19-14)16-9-11-5-1-4-8-15(11)20-16/h1-8,10,16H,9,18H2. The van der Waals surface area contributed by atoms with Gasteiger partial charge in [-0.1, -0.05) is 36.4 Å². The molecular formula is C17H14N2OS. The highest BCUT2D eigenvalue weighted by Crippen LogP contribution is 2.38. The lowest BCUT2D eigenvalue weighted by Crippen LogP contribution is -2.02. The molecule has 0 radical (unpaired) electrons. The number of ether oxygens (including phenoxy) is 1. The zero-order valence-corrected chi connectivity index (χ0v) is 12.1. The van der Waals surface area contributed by atoms with E-state index in [0.29, 0.717) is 0 Å². The lowest BCUT2D eigenvalue weighted by molar-refractivity contribution is 0.238. The van der Waals surface area contributed by atoms with Gasteiger partial charge in [0.1, 0.15) is 10.8 Å². The molecule has 104 valence electrons. The Labute approximate surface area is 127 Å². The van der Waals surface area contributed by atoms with Crippen molar-refractivity contribution in [2.75, 3.05) is 5.73 Å². The molecule has 0 aliphatic carbocycles. The van der Waals surface area contributed by atoms with Gasteiger partial charge >= 0.3 is 0 Å². The van der Waals surface area contributed by atoms with Gasteiger partial charge in [-0.3, -0.25) is 0 Å². The third-order valence-corrected chi connectivity index (χ3v) is 4.62. The van der Waals surface area contributed by atoms with Crippen LogP contribution in [0.15, 0.2) is 53.9 Å². The normalized spacial score (nSPS) is 16.5. The van der Waals surface area contributed by atoms with Gasteiger partial charge in [0, 0.05) is 23.1 Å². The van der Waals surface area contributed by atoms with Crippen molar-refractivity contribution in [2.45, 2.75) is 12.5 Å². The number of hydrogen-bond donors (Lipinski definition) is 1. The van der Waals surface area contributed by atoms with Crippen LogP contribution in [0.5, 0.6) is 5.75 Å². The van der Waals surface area contributed by atoms with E-state index in [4.69, 9.17) is 15.5 Å². The Bertz CT molecular complexity index is 772. The number of nitrogens with zero attached hydrogens (tertiary/aromatic N) is 1. The largest absolute Gasteiger partial charge is 0.483 e. The molecule has 0 saturated carbocycles. The molecule has 1 aromatic heterocycles. The Morgan fingerprint density at radius 1 is 1.10 bits per heavy atom. The van der Waals surface area contributed by atoms with E-state index in [1.807, 2.05) is 47.8 Å². The van der Waals surface area contributed by atoms with Crippen LogP contribution in [0.2, 0.25) is 0 Å². The molecule has 3 aromatic rings. The Kier molecular flexibility index (Phi) is 2.89. The Morgan fingerprint density at radius 3 is 2.76 bits per heavy atom. The minimum atomic E-state index is 0.0195. The molecule has 0 spiro atoms. The summed E-state index contributed by atoms with van der Waals surface area (Å²) in [5.74, 6) is 0.971. The second-order valence-corrected chi connectivity index (χ2v) is 5.97. The maximum atomic E-state index is 6.02. The first kappa shape index (κ1) is 12.4. The summed E-state index contributed by atoms with van der Waals surface area (Å²) in [6.45, 7) is 0. The molecule has 21 heavy (non-hydrogen) atoms. The van der Waals surface area contributed by atoms with Crippen molar-refractivity contribution in [3.8, 4) is 17.0 Å². The van der Waals surface area contributed by atoms with E-state index in [9.17, 15) is 0 Å². The van der Waals surface area contributed by atoms with Crippen molar-refractivity contribution >= 4 is 17.0 Å². The van der Waals surface area contributed by atoms with Gasteiger partial charge in [0.25, 0.3) is 0 Å². The van der Waals surface area contributed by atoms with E-state index in [1.54, 1.807) is 11.3 Å². The van der Waals surface area contributed by atoms with E-state index in [0.717, 1.165) is 34.1 Å². The molecule has 1 atom stereocenters. The first-order valence-corrected chi connectivity index (χ1v) is 7.74. The minimum absolute atomic E-state index is 0.0195. The van der Waals surface area contributed by atoms with Crippen LogP contribution in [0, 0.1) is 0 Å². The number of anilines is 1. The highest BCUT2D eigenvalue weighted by molar-refractivity contribution is 7.10. The van der Waals surface area contributed by atoms with E-state index in [1.165, 1.54) is 5.56 Å². The maximum Gasteiger partial charge on any atom is 0.154 e. The van der Waals surface area contributed by atoms with Gasteiger partial charge in [-0.05, 0) is 17.7 Å². The molecule has 1 aliphatic heterocycles. The molecule has 2 N–H and O–H groups in total. The zero-order valence-electron chi connectivity index (χ0n) is 11.3. The number of hydrogen-bond acceptors (Lipinski definition) is 4. The highest BCUT2D eigenvalue weighted by Gasteiger charge is 2.26. The van der Waals surface area contributed by atoms with Crippen molar-refractivity contribution < 1.29 is 4.74 Å². The number of fused-ring (bicyclic) bond motifs is 1. The molecular weight excluding hydrogens is 280 g/mol. The first-order valence-electron chi connectivity index (χ1n) is 6.86. The SMILES string of the molecule is Nc1ccccc1-c1csc(C2Cc3ccccc3O2)n1. The van der Waals surface area contributed by atoms with Crippen molar-refractivity contribution in [2.24, 2.45) is 0 Å². The number of aromatic nitrogens is 1. The molecule has 0 saturated heterocycles. The van der Waals surface area contributed by atoms with E-state index in [-0.39, 0.29) is 6.10 Å². The van der Waals surface area contributed by atoms with Gasteiger partial charge in [-0.15, -0.1) is 11.3 Å². The van der Waals surface area contributed by atoms with Crippen LogP contribution in [0.4, 0.5) is 5.69 Å². The number of benzene rings is 2. The average Bonchev–Trinajstić information content (AvgIpc) is 3.14. The van der Waals surface area contributed by atoms with Gasteiger partial charge in [0.15, 0.2) is 6.10 Å². The highest BCUT2D eigenvalue weighted by atomic mass is 32.1. The van der Waals surface area contributed by atoms with Crippen molar-refractivity contribution in [3.63, 3.8) is 0 Å². The van der Waals surface area contributed by atoms with Crippen LogP contribution < -0.4 is 10.5 Å². The van der Waals surface area contributed by atoms with Crippen LogP contribution in [0.1, 0.15) is 16.7 Å². The van der Waals surface area contributed by atoms with E-state index in [2.05, 4.69) is 6.07 Å².